The summed E-state index contributed by atoms with van der Waals surface area (Å²) in [6, 6.07) is 9.70. The lowest BCUT2D eigenvalue weighted by atomic mass is 10.1. The van der Waals surface area contributed by atoms with Crippen LogP contribution in [0.4, 0.5) is 0 Å². The molecular weight excluding hydrogens is 350 g/mol. The topological polar surface area (TPSA) is 57.0 Å². The van der Waals surface area contributed by atoms with Gasteiger partial charge in [0.2, 0.25) is 0 Å². The second kappa shape index (κ2) is 7.74. The summed E-state index contributed by atoms with van der Waals surface area (Å²) in [5.41, 5.74) is 3.06. The summed E-state index contributed by atoms with van der Waals surface area (Å²) in [7, 11) is 1.36. The molecule has 0 N–H and O–H groups in total. The maximum atomic E-state index is 11.8. The van der Waals surface area contributed by atoms with Crippen molar-refractivity contribution in [2.45, 2.75) is 32.8 Å². The van der Waals surface area contributed by atoms with Gasteiger partial charge in [-0.25, -0.2) is 0 Å². The zero-order valence-corrected chi connectivity index (χ0v) is 15.8. The Hall–Kier alpha value is -2.60. The Morgan fingerprint density at radius 1 is 1.31 bits per heavy atom. The Morgan fingerprint density at radius 3 is 2.65 bits per heavy atom. The fourth-order valence-corrected chi connectivity index (χ4v) is 3.73. The van der Waals surface area contributed by atoms with Crippen molar-refractivity contribution in [2.75, 3.05) is 7.11 Å². The average Bonchev–Trinajstić information content (AvgIpc) is 3.21. The summed E-state index contributed by atoms with van der Waals surface area (Å²) >= 11 is 1.50. The Balaban J connectivity index is 1.97. The van der Waals surface area contributed by atoms with Crippen LogP contribution in [0.3, 0.4) is 0 Å². The highest BCUT2D eigenvalue weighted by atomic mass is 32.1. The number of rotatable bonds is 7. The SMILES string of the molecule is CCC(C)Oc1ccc(-c2cc3scc(CC(=O)OC)n3c2C=O)cc1. The number of hydrogen-bond donors (Lipinski definition) is 0. The maximum absolute atomic E-state index is 11.8. The largest absolute Gasteiger partial charge is 0.491 e. The number of thiazole rings is 1. The van der Waals surface area contributed by atoms with Crippen LogP contribution in [0.1, 0.15) is 36.5 Å². The van der Waals surface area contributed by atoms with Crippen molar-refractivity contribution in [1.82, 2.24) is 4.40 Å². The molecule has 0 aliphatic rings. The molecule has 0 aliphatic heterocycles. The van der Waals surface area contributed by atoms with Crippen molar-refractivity contribution >= 4 is 28.4 Å². The first kappa shape index (κ1) is 18.2. The third kappa shape index (κ3) is 3.51. The Kier molecular flexibility index (Phi) is 5.42. The van der Waals surface area contributed by atoms with Crippen LogP contribution < -0.4 is 4.74 Å². The van der Waals surface area contributed by atoms with Crippen molar-refractivity contribution in [2.24, 2.45) is 0 Å². The molecule has 3 aromatic rings. The zero-order chi connectivity index (χ0) is 18.7. The molecule has 136 valence electrons. The third-order valence-electron chi connectivity index (χ3n) is 4.35. The number of aromatic nitrogens is 1. The van der Waals surface area contributed by atoms with E-state index in [9.17, 15) is 9.59 Å². The predicted octanol–water partition coefficient (Wildman–Crippen LogP) is 4.37. The van der Waals surface area contributed by atoms with E-state index in [0.29, 0.717) is 5.69 Å². The lowest BCUT2D eigenvalue weighted by Gasteiger charge is -2.12. The number of nitrogens with zero attached hydrogens (tertiary/aromatic N) is 1. The van der Waals surface area contributed by atoms with E-state index in [2.05, 4.69) is 6.92 Å². The molecule has 0 amide bonds. The van der Waals surface area contributed by atoms with E-state index in [-0.39, 0.29) is 18.5 Å². The van der Waals surface area contributed by atoms with Crippen LogP contribution in [0.5, 0.6) is 5.75 Å². The summed E-state index contributed by atoms with van der Waals surface area (Å²) in [5, 5.41) is 1.88. The lowest BCUT2D eigenvalue weighted by molar-refractivity contribution is -0.139. The molecule has 0 aliphatic carbocycles. The number of esters is 1. The molecule has 5 nitrogen and oxygen atoms in total. The van der Waals surface area contributed by atoms with Crippen molar-refractivity contribution < 1.29 is 19.1 Å². The lowest BCUT2D eigenvalue weighted by Crippen LogP contribution is -2.09. The molecule has 2 aromatic heterocycles. The van der Waals surface area contributed by atoms with Gasteiger partial charge in [0.15, 0.2) is 6.29 Å². The van der Waals surface area contributed by atoms with Gasteiger partial charge in [0.25, 0.3) is 0 Å². The monoisotopic (exact) mass is 371 g/mol. The van der Waals surface area contributed by atoms with E-state index in [0.717, 1.165) is 40.1 Å². The van der Waals surface area contributed by atoms with E-state index in [1.165, 1.54) is 18.4 Å². The van der Waals surface area contributed by atoms with Crippen LogP contribution in [0, 0.1) is 0 Å². The fourth-order valence-electron chi connectivity index (χ4n) is 2.78. The summed E-state index contributed by atoms with van der Waals surface area (Å²) in [4.78, 5) is 24.3. The molecule has 3 rings (SSSR count). The predicted molar refractivity (Wildman–Crippen MR) is 102 cm³/mol. The van der Waals surface area contributed by atoms with E-state index in [4.69, 9.17) is 9.47 Å². The summed E-state index contributed by atoms with van der Waals surface area (Å²) in [6.45, 7) is 4.11. The van der Waals surface area contributed by atoms with Crippen LogP contribution in [0.15, 0.2) is 35.7 Å². The third-order valence-corrected chi connectivity index (χ3v) is 5.28. The van der Waals surface area contributed by atoms with Gasteiger partial charge in [0.1, 0.15) is 10.6 Å². The first-order valence-corrected chi connectivity index (χ1v) is 9.36. The van der Waals surface area contributed by atoms with Crippen molar-refractivity contribution in [3.05, 3.63) is 47.1 Å². The van der Waals surface area contributed by atoms with E-state index >= 15 is 0 Å². The number of carbonyl (C=O) groups is 2. The quantitative estimate of drug-likeness (QED) is 0.457. The second-order valence-corrected chi connectivity index (χ2v) is 6.97. The highest BCUT2D eigenvalue weighted by Crippen LogP contribution is 2.32. The number of benzene rings is 1. The number of ether oxygens (including phenoxy) is 2. The molecule has 0 saturated heterocycles. The number of hydrogen-bond acceptors (Lipinski definition) is 5. The zero-order valence-electron chi connectivity index (χ0n) is 15.0. The number of aldehydes is 1. The Labute approximate surface area is 156 Å². The highest BCUT2D eigenvalue weighted by Gasteiger charge is 2.17. The van der Waals surface area contributed by atoms with Gasteiger partial charge in [0.05, 0.1) is 25.3 Å². The molecule has 0 fully saturated rings. The minimum absolute atomic E-state index is 0.132. The van der Waals surface area contributed by atoms with Gasteiger partial charge >= 0.3 is 5.97 Å². The smallest absolute Gasteiger partial charge is 0.311 e. The van der Waals surface area contributed by atoms with Crippen LogP contribution in [-0.4, -0.2) is 29.9 Å². The number of carbonyl (C=O) groups excluding carboxylic acids is 2. The van der Waals surface area contributed by atoms with E-state index < -0.39 is 0 Å². The molecule has 0 saturated carbocycles. The van der Waals surface area contributed by atoms with E-state index in [1.54, 1.807) is 0 Å². The van der Waals surface area contributed by atoms with E-state index in [1.807, 2.05) is 47.0 Å². The molecular formula is C20H21NO4S. The van der Waals surface area contributed by atoms with Gasteiger partial charge in [-0.15, -0.1) is 11.3 Å². The molecule has 1 unspecified atom stereocenters. The van der Waals surface area contributed by atoms with Gasteiger partial charge in [-0.3, -0.25) is 9.59 Å². The molecule has 1 aromatic carbocycles. The number of methoxy groups -OCH3 is 1. The van der Waals surface area contributed by atoms with Crippen LogP contribution in [-0.2, 0) is 16.0 Å². The van der Waals surface area contributed by atoms with Gasteiger partial charge < -0.3 is 13.9 Å². The molecule has 0 radical (unpaired) electrons. The second-order valence-electron chi connectivity index (χ2n) is 6.08. The molecule has 2 heterocycles. The molecule has 26 heavy (non-hydrogen) atoms. The Morgan fingerprint density at radius 2 is 2.04 bits per heavy atom. The standard InChI is InChI=1S/C20H21NO4S/c1-4-13(2)25-16-7-5-14(6-8-16)17-10-19-21(18(17)11-22)15(12-26-19)9-20(23)24-3/h5-8,10-13H,4,9H2,1-3H3. The highest BCUT2D eigenvalue weighted by molar-refractivity contribution is 7.15. The van der Waals surface area contributed by atoms with Crippen LogP contribution >= 0.6 is 11.3 Å². The first-order chi connectivity index (χ1) is 12.6. The summed E-state index contributed by atoms with van der Waals surface area (Å²) < 4.78 is 12.4. The minimum Gasteiger partial charge on any atom is -0.491 e. The van der Waals surface area contributed by atoms with Crippen molar-refractivity contribution in [1.29, 1.82) is 0 Å². The first-order valence-electron chi connectivity index (χ1n) is 8.48. The summed E-state index contributed by atoms with van der Waals surface area (Å²) in [6.07, 6.45) is 2.06. The normalized spacial score (nSPS) is 12.1. The average molecular weight is 371 g/mol. The molecule has 0 spiro atoms. The Bertz CT molecular complexity index is 923. The fraction of sp³-hybridized carbons (Fsp3) is 0.300. The maximum Gasteiger partial charge on any atom is 0.311 e. The minimum atomic E-state index is -0.330. The van der Waals surface area contributed by atoms with Crippen LogP contribution in [0.25, 0.3) is 16.0 Å². The van der Waals surface area contributed by atoms with Crippen LogP contribution in [0.2, 0.25) is 0 Å². The molecule has 0 bridgehead atoms. The van der Waals surface area contributed by atoms with Crippen molar-refractivity contribution in [3.8, 4) is 16.9 Å². The van der Waals surface area contributed by atoms with Crippen molar-refractivity contribution in [3.63, 3.8) is 0 Å². The number of fused-ring (bicyclic) bond motifs is 1. The van der Waals surface area contributed by atoms with Gasteiger partial charge in [0, 0.05) is 16.6 Å². The molecule has 1 atom stereocenters. The summed E-state index contributed by atoms with van der Waals surface area (Å²) in [5.74, 6) is 0.478. The van der Waals surface area contributed by atoms with Gasteiger partial charge in [-0.1, -0.05) is 19.1 Å². The van der Waals surface area contributed by atoms with Gasteiger partial charge in [-0.05, 0) is 37.1 Å². The molecule has 6 heteroatoms. The van der Waals surface area contributed by atoms with Gasteiger partial charge in [-0.2, -0.15) is 0 Å².